The molecule has 0 aliphatic carbocycles. The number of hydrogen-bond donors (Lipinski definition) is 0. The summed E-state index contributed by atoms with van der Waals surface area (Å²) in [5.41, 5.74) is 0.639. The summed E-state index contributed by atoms with van der Waals surface area (Å²) in [5, 5.41) is 0. The van der Waals surface area contributed by atoms with Crippen LogP contribution in [-0.2, 0) is 16.1 Å². The Bertz CT molecular complexity index is 760. The second-order valence-electron chi connectivity index (χ2n) is 6.42. The standard InChI is InChI=1S/C19H21FN2O3/c1-21(12-15-7-4-10-25-15)19(24)16-8-9-17(23)22(2)18(16)13-5-3-6-14(20)11-13/h3-7,10-11,16,18H,8-9,12H2,1-2H3/t16-,18-/m1/s1. The van der Waals surface area contributed by atoms with Gasteiger partial charge in [0.1, 0.15) is 11.6 Å². The molecule has 2 amide bonds. The van der Waals surface area contributed by atoms with Gasteiger partial charge in [-0.15, -0.1) is 0 Å². The van der Waals surface area contributed by atoms with Crippen LogP contribution in [0.4, 0.5) is 4.39 Å². The van der Waals surface area contributed by atoms with Gasteiger partial charge in [0, 0.05) is 20.5 Å². The van der Waals surface area contributed by atoms with Crippen molar-refractivity contribution in [2.24, 2.45) is 5.92 Å². The Morgan fingerprint density at radius 3 is 2.84 bits per heavy atom. The van der Waals surface area contributed by atoms with Gasteiger partial charge in [-0.2, -0.15) is 0 Å². The SMILES string of the molecule is CN(Cc1ccco1)C(=O)[C@@H]1CCC(=O)N(C)[C@@H]1c1cccc(F)c1. The molecule has 2 heterocycles. The van der Waals surface area contributed by atoms with E-state index in [1.54, 1.807) is 48.4 Å². The third kappa shape index (κ3) is 3.57. The smallest absolute Gasteiger partial charge is 0.228 e. The molecule has 1 aromatic heterocycles. The molecule has 0 bridgehead atoms. The quantitative estimate of drug-likeness (QED) is 0.857. The number of piperidine rings is 1. The second kappa shape index (κ2) is 7.09. The molecule has 0 spiro atoms. The summed E-state index contributed by atoms with van der Waals surface area (Å²) in [6, 6.07) is 9.23. The van der Waals surface area contributed by atoms with Crippen molar-refractivity contribution in [3.8, 4) is 0 Å². The second-order valence-corrected chi connectivity index (χ2v) is 6.42. The highest BCUT2D eigenvalue weighted by molar-refractivity contribution is 5.84. The molecule has 1 fully saturated rings. The van der Waals surface area contributed by atoms with Crippen LogP contribution in [-0.4, -0.2) is 35.7 Å². The molecule has 0 radical (unpaired) electrons. The fraction of sp³-hybridized carbons (Fsp3) is 0.368. The lowest BCUT2D eigenvalue weighted by molar-refractivity contribution is -0.146. The van der Waals surface area contributed by atoms with Crippen LogP contribution in [0.1, 0.15) is 30.2 Å². The fourth-order valence-corrected chi connectivity index (χ4v) is 3.44. The van der Waals surface area contributed by atoms with E-state index >= 15 is 0 Å². The van der Waals surface area contributed by atoms with E-state index in [0.717, 1.165) is 0 Å². The van der Waals surface area contributed by atoms with Crippen LogP contribution in [0.5, 0.6) is 0 Å². The summed E-state index contributed by atoms with van der Waals surface area (Å²) >= 11 is 0. The van der Waals surface area contributed by atoms with Crippen molar-refractivity contribution in [2.45, 2.75) is 25.4 Å². The molecule has 5 nitrogen and oxygen atoms in total. The van der Waals surface area contributed by atoms with Crippen LogP contribution in [0.3, 0.4) is 0 Å². The van der Waals surface area contributed by atoms with Crippen LogP contribution < -0.4 is 0 Å². The van der Waals surface area contributed by atoms with Crippen LogP contribution in [0.25, 0.3) is 0 Å². The van der Waals surface area contributed by atoms with Gasteiger partial charge in [0.2, 0.25) is 11.8 Å². The number of rotatable bonds is 4. The Balaban J connectivity index is 1.86. The van der Waals surface area contributed by atoms with Gasteiger partial charge in [0.15, 0.2) is 0 Å². The van der Waals surface area contributed by atoms with E-state index in [9.17, 15) is 14.0 Å². The predicted octanol–water partition coefficient (Wildman–Crippen LogP) is 2.99. The van der Waals surface area contributed by atoms with Crippen LogP contribution in [0, 0.1) is 11.7 Å². The average molecular weight is 344 g/mol. The predicted molar refractivity (Wildman–Crippen MR) is 89.8 cm³/mol. The number of hydrogen-bond acceptors (Lipinski definition) is 3. The highest BCUT2D eigenvalue weighted by Crippen LogP contribution is 2.37. The number of benzene rings is 1. The van der Waals surface area contributed by atoms with Crippen molar-refractivity contribution in [1.82, 2.24) is 9.80 Å². The maximum absolute atomic E-state index is 13.7. The first-order valence-corrected chi connectivity index (χ1v) is 8.26. The van der Waals surface area contributed by atoms with Crippen molar-refractivity contribution in [3.63, 3.8) is 0 Å². The van der Waals surface area contributed by atoms with Gasteiger partial charge in [0.05, 0.1) is 24.8 Å². The summed E-state index contributed by atoms with van der Waals surface area (Å²) in [6.07, 6.45) is 2.33. The van der Waals surface area contributed by atoms with Crippen molar-refractivity contribution >= 4 is 11.8 Å². The highest BCUT2D eigenvalue weighted by atomic mass is 19.1. The topological polar surface area (TPSA) is 53.8 Å². The lowest BCUT2D eigenvalue weighted by Gasteiger charge is -2.39. The van der Waals surface area contributed by atoms with Gasteiger partial charge in [-0.3, -0.25) is 9.59 Å². The molecule has 1 aliphatic rings. The summed E-state index contributed by atoms with van der Waals surface area (Å²) in [5.74, 6) is -0.209. The van der Waals surface area contributed by atoms with Gasteiger partial charge in [-0.25, -0.2) is 4.39 Å². The van der Waals surface area contributed by atoms with Crippen LogP contribution >= 0.6 is 0 Å². The molecular formula is C19H21FN2O3. The van der Waals surface area contributed by atoms with E-state index in [4.69, 9.17) is 4.42 Å². The number of likely N-dealkylation sites (tertiary alicyclic amines) is 1. The Labute approximate surface area is 146 Å². The zero-order valence-corrected chi connectivity index (χ0v) is 14.3. The Kier molecular flexibility index (Phi) is 4.88. The molecule has 25 heavy (non-hydrogen) atoms. The summed E-state index contributed by atoms with van der Waals surface area (Å²) in [4.78, 5) is 28.3. The minimum atomic E-state index is -0.469. The molecule has 0 saturated carbocycles. The zero-order chi connectivity index (χ0) is 18.0. The van der Waals surface area contributed by atoms with E-state index in [0.29, 0.717) is 30.7 Å². The van der Waals surface area contributed by atoms with Crippen molar-refractivity contribution in [2.75, 3.05) is 14.1 Å². The van der Waals surface area contributed by atoms with Crippen LogP contribution in [0.2, 0.25) is 0 Å². The van der Waals surface area contributed by atoms with Crippen molar-refractivity contribution in [1.29, 1.82) is 0 Å². The molecule has 0 N–H and O–H groups in total. The average Bonchev–Trinajstić information content (AvgIpc) is 3.09. The molecule has 1 aliphatic heterocycles. The molecule has 1 aromatic carbocycles. The van der Waals surface area contributed by atoms with Crippen molar-refractivity contribution in [3.05, 3.63) is 59.8 Å². The van der Waals surface area contributed by atoms with E-state index in [1.807, 2.05) is 6.07 Å². The van der Waals surface area contributed by atoms with Gasteiger partial charge < -0.3 is 14.2 Å². The maximum atomic E-state index is 13.7. The number of amides is 2. The van der Waals surface area contributed by atoms with Gasteiger partial charge in [0.25, 0.3) is 0 Å². The van der Waals surface area contributed by atoms with Crippen LogP contribution in [0.15, 0.2) is 47.1 Å². The molecule has 1 saturated heterocycles. The lowest BCUT2D eigenvalue weighted by Crippen LogP contribution is -2.46. The lowest BCUT2D eigenvalue weighted by atomic mass is 9.83. The van der Waals surface area contributed by atoms with Gasteiger partial charge in [-0.1, -0.05) is 12.1 Å². The van der Waals surface area contributed by atoms with E-state index in [1.165, 1.54) is 12.1 Å². The fourth-order valence-electron chi connectivity index (χ4n) is 3.44. The first kappa shape index (κ1) is 17.2. The van der Waals surface area contributed by atoms with E-state index in [-0.39, 0.29) is 17.6 Å². The maximum Gasteiger partial charge on any atom is 0.228 e. The molecule has 2 atom stereocenters. The van der Waals surface area contributed by atoms with Crippen molar-refractivity contribution < 1.29 is 18.4 Å². The summed E-state index contributed by atoms with van der Waals surface area (Å²) in [7, 11) is 3.38. The molecule has 0 unspecified atom stereocenters. The largest absolute Gasteiger partial charge is 0.467 e. The minimum Gasteiger partial charge on any atom is -0.467 e. The molecular weight excluding hydrogens is 323 g/mol. The zero-order valence-electron chi connectivity index (χ0n) is 14.3. The first-order valence-electron chi connectivity index (χ1n) is 8.26. The Morgan fingerprint density at radius 1 is 1.36 bits per heavy atom. The summed E-state index contributed by atoms with van der Waals surface area (Å²) in [6.45, 7) is 0.357. The Hall–Kier alpha value is -2.63. The monoisotopic (exact) mass is 344 g/mol. The summed E-state index contributed by atoms with van der Waals surface area (Å²) < 4.78 is 19.0. The number of carbonyl (C=O) groups excluding carboxylic acids is 2. The van der Waals surface area contributed by atoms with Gasteiger partial charge >= 0.3 is 0 Å². The minimum absolute atomic E-state index is 0.0352. The Morgan fingerprint density at radius 2 is 2.16 bits per heavy atom. The number of halogens is 1. The molecule has 2 aromatic rings. The molecule has 132 valence electrons. The number of carbonyl (C=O) groups is 2. The number of furan rings is 1. The number of nitrogens with zero attached hydrogens (tertiary/aromatic N) is 2. The third-order valence-corrected chi connectivity index (χ3v) is 4.72. The van der Waals surface area contributed by atoms with E-state index < -0.39 is 12.0 Å². The third-order valence-electron chi connectivity index (χ3n) is 4.72. The normalized spacial score (nSPS) is 20.6. The molecule has 3 rings (SSSR count). The van der Waals surface area contributed by atoms with E-state index in [2.05, 4.69) is 0 Å². The highest BCUT2D eigenvalue weighted by Gasteiger charge is 2.40. The van der Waals surface area contributed by atoms with Gasteiger partial charge in [-0.05, 0) is 36.2 Å². The first-order chi connectivity index (χ1) is 12.0. The molecule has 6 heteroatoms.